The number of hydrogen-bond donors (Lipinski definition) is 2. The first-order chi connectivity index (χ1) is 3.80. The highest BCUT2D eigenvalue weighted by molar-refractivity contribution is 5.85. The van der Waals surface area contributed by atoms with Crippen LogP contribution in [-0.2, 0) is 0 Å². The molecular weight excluding hydrogens is 175 g/mol. The normalized spacial score (nSPS) is 7.20. The van der Waals surface area contributed by atoms with Crippen LogP contribution in [0.4, 0.5) is 11.4 Å². The Bertz CT molecular complexity index is 171. The monoisotopic (exact) mass is 182 g/mol. The predicted molar refractivity (Wildman–Crippen MR) is 45.4 cm³/mol. The van der Waals surface area contributed by atoms with Gasteiger partial charge in [-0.05, 0) is 0 Å². The van der Waals surface area contributed by atoms with Gasteiger partial charge in [-0.25, -0.2) is 0 Å². The van der Waals surface area contributed by atoms with Gasteiger partial charge in [0.2, 0.25) is 0 Å². The topological polar surface area (TPSA) is 77.8 Å². The lowest BCUT2D eigenvalue weighted by Gasteiger charge is -1.92. The molecule has 0 atom stereocenters. The van der Waals surface area contributed by atoms with Crippen molar-refractivity contribution in [2.24, 2.45) is 0 Å². The lowest BCUT2D eigenvalue weighted by atomic mass is 10.4. The van der Waals surface area contributed by atoms with Crippen molar-refractivity contribution in [1.82, 2.24) is 10.2 Å². The Hall–Kier alpha value is -0.740. The molecule has 4 N–H and O–H groups in total. The zero-order valence-corrected chi connectivity index (χ0v) is 6.65. The van der Waals surface area contributed by atoms with Crippen LogP contribution < -0.4 is 11.5 Å². The molecular formula is C4H8Cl2N4. The van der Waals surface area contributed by atoms with Crippen LogP contribution in [0.2, 0.25) is 0 Å². The van der Waals surface area contributed by atoms with Crippen molar-refractivity contribution in [3.8, 4) is 0 Å². The number of nitrogens with two attached hydrogens (primary N) is 2. The second kappa shape index (κ2) is 5.08. The second-order valence-corrected chi connectivity index (χ2v) is 1.40. The molecule has 0 radical (unpaired) electrons. The summed E-state index contributed by atoms with van der Waals surface area (Å²) in [7, 11) is 0. The van der Waals surface area contributed by atoms with E-state index in [0.29, 0.717) is 11.4 Å². The molecule has 0 aliphatic rings. The highest BCUT2D eigenvalue weighted by Crippen LogP contribution is 2.06. The average molecular weight is 183 g/mol. The fraction of sp³-hybridized carbons (Fsp3) is 0. The summed E-state index contributed by atoms with van der Waals surface area (Å²) in [5, 5.41) is 6.98. The van der Waals surface area contributed by atoms with Crippen LogP contribution in [0, 0.1) is 0 Å². The Morgan fingerprint density at radius 3 is 1.40 bits per heavy atom. The molecule has 1 aromatic rings. The van der Waals surface area contributed by atoms with Crippen LogP contribution in [0.3, 0.4) is 0 Å². The number of aromatic nitrogens is 2. The quantitative estimate of drug-likeness (QED) is 0.613. The molecule has 6 heteroatoms. The van der Waals surface area contributed by atoms with Crippen LogP contribution in [-0.4, -0.2) is 10.2 Å². The zero-order chi connectivity index (χ0) is 5.98. The summed E-state index contributed by atoms with van der Waals surface area (Å²) in [6.07, 6.45) is 2.82. The molecule has 1 heterocycles. The van der Waals surface area contributed by atoms with E-state index in [-0.39, 0.29) is 24.8 Å². The first kappa shape index (κ1) is 12.0. The minimum absolute atomic E-state index is 0. The van der Waals surface area contributed by atoms with E-state index >= 15 is 0 Å². The van der Waals surface area contributed by atoms with Crippen LogP contribution in [0.5, 0.6) is 0 Å². The molecule has 0 aromatic carbocycles. The van der Waals surface area contributed by atoms with Gasteiger partial charge in [-0.2, -0.15) is 10.2 Å². The minimum Gasteiger partial charge on any atom is -0.396 e. The average Bonchev–Trinajstić information content (AvgIpc) is 1.77. The van der Waals surface area contributed by atoms with Crippen LogP contribution in [0.25, 0.3) is 0 Å². The van der Waals surface area contributed by atoms with Crippen LogP contribution in [0.15, 0.2) is 12.4 Å². The maximum Gasteiger partial charge on any atom is 0.0769 e. The van der Waals surface area contributed by atoms with Crippen molar-refractivity contribution < 1.29 is 0 Å². The Kier molecular flexibility index (Phi) is 6.09. The van der Waals surface area contributed by atoms with Crippen molar-refractivity contribution >= 4 is 36.2 Å². The van der Waals surface area contributed by atoms with Crippen molar-refractivity contribution in [3.05, 3.63) is 12.4 Å². The molecule has 0 amide bonds. The lowest BCUT2D eigenvalue weighted by molar-refractivity contribution is 1.04. The Morgan fingerprint density at radius 2 is 1.20 bits per heavy atom. The zero-order valence-electron chi connectivity index (χ0n) is 5.02. The minimum atomic E-state index is 0. The Labute approximate surface area is 70.8 Å². The molecule has 1 rings (SSSR count). The van der Waals surface area contributed by atoms with Gasteiger partial charge < -0.3 is 11.5 Å². The molecule has 0 aliphatic heterocycles. The highest BCUT2D eigenvalue weighted by atomic mass is 35.5. The maximum atomic E-state index is 5.29. The van der Waals surface area contributed by atoms with E-state index in [2.05, 4.69) is 10.2 Å². The van der Waals surface area contributed by atoms with Crippen LogP contribution in [0.1, 0.15) is 0 Å². The van der Waals surface area contributed by atoms with E-state index in [0.717, 1.165) is 0 Å². The molecule has 0 saturated carbocycles. The smallest absolute Gasteiger partial charge is 0.0769 e. The third-order valence-corrected chi connectivity index (χ3v) is 0.794. The second-order valence-electron chi connectivity index (χ2n) is 1.40. The number of halogens is 2. The largest absolute Gasteiger partial charge is 0.396 e. The number of nitrogens with zero attached hydrogens (tertiary/aromatic N) is 2. The fourth-order valence-electron chi connectivity index (χ4n) is 0.340. The summed E-state index contributed by atoms with van der Waals surface area (Å²) in [5.74, 6) is 0. The summed E-state index contributed by atoms with van der Waals surface area (Å²) in [4.78, 5) is 0. The third kappa shape index (κ3) is 2.70. The van der Waals surface area contributed by atoms with E-state index in [1.807, 2.05) is 0 Å². The van der Waals surface area contributed by atoms with Gasteiger partial charge in [0.1, 0.15) is 0 Å². The summed E-state index contributed by atoms with van der Waals surface area (Å²) >= 11 is 0. The fourth-order valence-corrected chi connectivity index (χ4v) is 0.340. The first-order valence-electron chi connectivity index (χ1n) is 2.12. The molecule has 0 unspecified atom stereocenters. The van der Waals surface area contributed by atoms with Gasteiger partial charge in [0.25, 0.3) is 0 Å². The standard InChI is InChI=1S/C4H6N4.2ClH/c5-3-1-7-8-2-4(3)6;;/h1-2H,(H2,6,7)(H2,5,8);2*1H. The van der Waals surface area contributed by atoms with E-state index in [9.17, 15) is 0 Å². The van der Waals surface area contributed by atoms with Gasteiger partial charge in [-0.1, -0.05) is 0 Å². The number of hydrogen-bond acceptors (Lipinski definition) is 4. The Morgan fingerprint density at radius 1 is 0.900 bits per heavy atom. The molecule has 10 heavy (non-hydrogen) atoms. The molecule has 0 spiro atoms. The first-order valence-corrected chi connectivity index (χ1v) is 2.12. The van der Waals surface area contributed by atoms with E-state index in [1.54, 1.807) is 0 Å². The highest BCUT2D eigenvalue weighted by Gasteiger charge is 1.87. The van der Waals surface area contributed by atoms with E-state index in [4.69, 9.17) is 11.5 Å². The van der Waals surface area contributed by atoms with Gasteiger partial charge in [-0.15, -0.1) is 24.8 Å². The maximum absolute atomic E-state index is 5.29. The lowest BCUT2D eigenvalue weighted by Crippen LogP contribution is -1.95. The van der Waals surface area contributed by atoms with E-state index < -0.39 is 0 Å². The third-order valence-electron chi connectivity index (χ3n) is 0.794. The van der Waals surface area contributed by atoms with Crippen molar-refractivity contribution in [2.75, 3.05) is 11.5 Å². The molecule has 0 saturated heterocycles. The van der Waals surface area contributed by atoms with Gasteiger partial charge in [-0.3, -0.25) is 0 Å². The molecule has 0 fully saturated rings. The summed E-state index contributed by atoms with van der Waals surface area (Å²) in [6.45, 7) is 0. The van der Waals surface area contributed by atoms with Crippen LogP contribution >= 0.6 is 24.8 Å². The molecule has 4 nitrogen and oxygen atoms in total. The Balaban J connectivity index is 0. The summed E-state index contributed by atoms with van der Waals surface area (Å²) in [5.41, 5.74) is 11.5. The summed E-state index contributed by atoms with van der Waals surface area (Å²) < 4.78 is 0. The van der Waals surface area contributed by atoms with Crippen molar-refractivity contribution in [2.45, 2.75) is 0 Å². The predicted octanol–water partition coefficient (Wildman–Crippen LogP) is 0.485. The molecule has 0 bridgehead atoms. The number of rotatable bonds is 0. The summed E-state index contributed by atoms with van der Waals surface area (Å²) in [6, 6.07) is 0. The van der Waals surface area contributed by atoms with Gasteiger partial charge >= 0.3 is 0 Å². The van der Waals surface area contributed by atoms with Crippen molar-refractivity contribution in [3.63, 3.8) is 0 Å². The van der Waals surface area contributed by atoms with Crippen molar-refractivity contribution in [1.29, 1.82) is 0 Å². The SMILES string of the molecule is Cl.Cl.Nc1cnncc1N. The van der Waals surface area contributed by atoms with Gasteiger partial charge in [0, 0.05) is 0 Å². The van der Waals surface area contributed by atoms with E-state index in [1.165, 1.54) is 12.4 Å². The number of anilines is 2. The molecule has 0 aliphatic carbocycles. The molecule has 58 valence electrons. The van der Waals surface area contributed by atoms with Gasteiger partial charge in [0.15, 0.2) is 0 Å². The molecule has 1 aromatic heterocycles. The van der Waals surface area contributed by atoms with Gasteiger partial charge in [0.05, 0.1) is 23.8 Å². The number of nitrogen functional groups attached to an aromatic ring is 2.